The molecule has 0 saturated heterocycles. The first-order valence-corrected chi connectivity index (χ1v) is 12.3. The molecule has 0 aliphatic carbocycles. The first kappa shape index (κ1) is 26.3. The van der Waals surface area contributed by atoms with Crippen LogP contribution in [-0.2, 0) is 26.8 Å². The van der Waals surface area contributed by atoms with Gasteiger partial charge in [0.2, 0.25) is 0 Å². The minimum atomic E-state index is -5.31. The fourth-order valence-electron chi connectivity index (χ4n) is 2.15. The zero-order valence-electron chi connectivity index (χ0n) is 16.7. The third kappa shape index (κ3) is 8.87. The quantitative estimate of drug-likeness (QED) is 0.222. The van der Waals surface area contributed by atoms with Gasteiger partial charge in [0, 0.05) is 33.9 Å². The van der Waals surface area contributed by atoms with Gasteiger partial charge < -0.3 is 9.64 Å². The van der Waals surface area contributed by atoms with Gasteiger partial charge in [0.05, 0.1) is 6.61 Å². The summed E-state index contributed by atoms with van der Waals surface area (Å²) in [6.07, 6.45) is -6.43. The molecule has 13 heteroatoms. The van der Waals surface area contributed by atoms with Crippen LogP contribution in [0.25, 0.3) is 0 Å². The summed E-state index contributed by atoms with van der Waals surface area (Å²) in [4.78, 5) is 24.7. The third-order valence-electron chi connectivity index (χ3n) is 3.48. The normalized spacial score (nSPS) is 11.8. The number of carbonyl (C=O) groups is 2. The number of hydrogen-bond donors (Lipinski definition) is 0. The zero-order chi connectivity index (χ0) is 23.6. The van der Waals surface area contributed by atoms with E-state index >= 15 is 0 Å². The molecule has 0 saturated carbocycles. The highest BCUT2D eigenvalue weighted by molar-refractivity contribution is 8.01. The molecule has 0 radical (unpaired) electrons. The molecular weight excluding hydrogens is 490 g/mol. The maximum atomic E-state index is 13.3. The molecule has 1 amide bonds. The Morgan fingerprint density at radius 2 is 1.41 bits per heavy atom. The third-order valence-corrected chi connectivity index (χ3v) is 7.51. The average Bonchev–Trinajstić information content (AvgIpc) is 2.76. The molecule has 32 heavy (non-hydrogen) atoms. The van der Waals surface area contributed by atoms with E-state index in [0.717, 1.165) is 0 Å². The summed E-state index contributed by atoms with van der Waals surface area (Å²) >= 11 is 1.23. The van der Waals surface area contributed by atoms with Gasteiger partial charge in [-0.3, -0.25) is 14.2 Å². The van der Waals surface area contributed by atoms with Crippen LogP contribution in [0.1, 0.15) is 6.92 Å². The number of nitrogens with zero attached hydrogens (tertiary/aromatic N) is 1. The molecule has 2 rings (SSSR count). The van der Waals surface area contributed by atoms with Crippen molar-refractivity contribution in [2.24, 2.45) is 0 Å². The van der Waals surface area contributed by atoms with Gasteiger partial charge in [0.1, 0.15) is 12.8 Å². The maximum absolute atomic E-state index is 13.3. The molecule has 0 heterocycles. The number of amides is 1. The Balaban J connectivity index is 2.25. The van der Waals surface area contributed by atoms with Crippen LogP contribution in [0.3, 0.4) is 0 Å². The first-order valence-electron chi connectivity index (χ1n) is 9.06. The number of carbonyl (C=O) groups excluding carboxylic acids is 2. The molecule has 0 aromatic heterocycles. The Morgan fingerprint density at radius 1 is 0.938 bits per heavy atom. The number of benzene rings is 2. The summed E-state index contributed by atoms with van der Waals surface area (Å²) in [6.45, 7) is 0.276. The van der Waals surface area contributed by atoms with Crippen molar-refractivity contribution in [1.82, 2.24) is 4.90 Å². The Morgan fingerprint density at radius 3 is 1.81 bits per heavy atom. The number of ether oxygens (including phenoxy) is 1. The van der Waals surface area contributed by atoms with E-state index in [1.54, 1.807) is 60.7 Å². The molecule has 2 aromatic carbocycles. The average molecular weight is 509 g/mol. The lowest BCUT2D eigenvalue weighted by molar-refractivity contribution is -0.186. The summed E-state index contributed by atoms with van der Waals surface area (Å²) in [6, 6.07) is 16.7. The number of halogens is 3. The standard InChI is InChI=1S/C19H19F3NO6PS2/c1-2-27-17(24)13-23(18(25)19(20,21)22)14-30(26,28-31-15-9-5-3-6-10-15)29-32-16-11-7-4-8-12-16/h3-12H,2,13-14H2,1H3. The fraction of sp³-hybridized carbons (Fsp3) is 0.263. The highest BCUT2D eigenvalue weighted by Gasteiger charge is 2.46. The van der Waals surface area contributed by atoms with Crippen LogP contribution < -0.4 is 0 Å². The van der Waals surface area contributed by atoms with Crippen molar-refractivity contribution in [3.63, 3.8) is 0 Å². The molecule has 0 fully saturated rings. The van der Waals surface area contributed by atoms with Crippen molar-refractivity contribution < 1.29 is 40.0 Å². The lowest BCUT2D eigenvalue weighted by Gasteiger charge is -2.26. The van der Waals surface area contributed by atoms with Crippen LogP contribution in [0, 0.1) is 0 Å². The minimum Gasteiger partial charge on any atom is -0.465 e. The predicted octanol–water partition coefficient (Wildman–Crippen LogP) is 5.54. The van der Waals surface area contributed by atoms with Crippen molar-refractivity contribution >= 4 is 43.6 Å². The van der Waals surface area contributed by atoms with Crippen LogP contribution in [0.5, 0.6) is 0 Å². The van der Waals surface area contributed by atoms with Gasteiger partial charge in [0.25, 0.3) is 0 Å². The molecule has 0 atom stereocenters. The van der Waals surface area contributed by atoms with Gasteiger partial charge in [0.15, 0.2) is 0 Å². The van der Waals surface area contributed by atoms with E-state index in [0.29, 0.717) is 33.9 Å². The predicted molar refractivity (Wildman–Crippen MR) is 114 cm³/mol. The van der Waals surface area contributed by atoms with E-state index < -0.39 is 38.5 Å². The van der Waals surface area contributed by atoms with E-state index in [-0.39, 0.29) is 11.5 Å². The van der Waals surface area contributed by atoms with Crippen molar-refractivity contribution in [3.05, 3.63) is 60.7 Å². The summed E-state index contributed by atoms with van der Waals surface area (Å²) in [7, 11) is -4.38. The lowest BCUT2D eigenvalue weighted by atomic mass is 10.4. The van der Waals surface area contributed by atoms with Crippen LogP contribution >= 0.6 is 31.7 Å². The molecule has 0 N–H and O–H groups in total. The van der Waals surface area contributed by atoms with Gasteiger partial charge in [-0.05, 0) is 31.2 Å². The maximum Gasteiger partial charge on any atom is 0.471 e. The second-order valence-electron chi connectivity index (χ2n) is 6.00. The number of alkyl halides is 3. The molecule has 0 bridgehead atoms. The molecular formula is C19H19F3NO6PS2. The second-order valence-corrected chi connectivity index (χ2v) is 9.97. The van der Waals surface area contributed by atoms with Gasteiger partial charge in [-0.2, -0.15) is 13.2 Å². The Labute approximate surface area is 191 Å². The smallest absolute Gasteiger partial charge is 0.465 e. The van der Waals surface area contributed by atoms with Crippen molar-refractivity contribution in [2.75, 3.05) is 19.4 Å². The zero-order valence-corrected chi connectivity index (χ0v) is 19.2. The van der Waals surface area contributed by atoms with Gasteiger partial charge in [-0.1, -0.05) is 36.4 Å². The SMILES string of the molecule is CCOC(=O)CN(CP(=O)(OSc1ccccc1)OSc1ccccc1)C(=O)C(F)(F)F. The second kappa shape index (κ2) is 12.3. The van der Waals surface area contributed by atoms with Crippen LogP contribution in [0.2, 0.25) is 0 Å². The van der Waals surface area contributed by atoms with Crippen LogP contribution in [0.15, 0.2) is 70.5 Å². The molecule has 0 unspecified atom stereocenters. The molecule has 174 valence electrons. The van der Waals surface area contributed by atoms with Crippen molar-refractivity contribution in [2.45, 2.75) is 22.9 Å². The summed E-state index contributed by atoms with van der Waals surface area (Å²) in [5.74, 6) is -3.46. The van der Waals surface area contributed by atoms with Crippen molar-refractivity contribution in [1.29, 1.82) is 0 Å². The number of rotatable bonds is 11. The molecule has 0 aliphatic heterocycles. The fourth-order valence-corrected chi connectivity index (χ4v) is 5.63. The van der Waals surface area contributed by atoms with E-state index in [2.05, 4.69) is 4.74 Å². The van der Waals surface area contributed by atoms with Crippen LogP contribution in [-0.4, -0.2) is 42.4 Å². The van der Waals surface area contributed by atoms with E-state index in [1.165, 1.54) is 6.92 Å². The first-order chi connectivity index (χ1) is 15.1. The van der Waals surface area contributed by atoms with Gasteiger partial charge in [-0.15, -0.1) is 0 Å². The van der Waals surface area contributed by atoms with Crippen LogP contribution in [0.4, 0.5) is 13.2 Å². The topological polar surface area (TPSA) is 82.1 Å². The summed E-state index contributed by atoms with van der Waals surface area (Å²) in [5, 5.41) is 0. The Kier molecular flexibility index (Phi) is 10.1. The van der Waals surface area contributed by atoms with E-state index in [1.807, 2.05) is 0 Å². The van der Waals surface area contributed by atoms with E-state index in [4.69, 9.17) is 7.94 Å². The Bertz CT molecular complexity index is 886. The minimum absolute atomic E-state index is 0.0515. The molecule has 2 aromatic rings. The summed E-state index contributed by atoms with van der Waals surface area (Å²) < 4.78 is 67.8. The van der Waals surface area contributed by atoms with Gasteiger partial charge >= 0.3 is 25.6 Å². The monoisotopic (exact) mass is 509 g/mol. The largest absolute Gasteiger partial charge is 0.471 e. The molecule has 0 spiro atoms. The highest BCUT2D eigenvalue weighted by Crippen LogP contribution is 2.57. The molecule has 0 aliphatic rings. The number of hydrogen-bond acceptors (Lipinski definition) is 8. The number of esters is 1. The van der Waals surface area contributed by atoms with Gasteiger partial charge in [-0.25, -0.2) is 7.94 Å². The molecule has 7 nitrogen and oxygen atoms in total. The van der Waals surface area contributed by atoms with E-state index in [9.17, 15) is 27.3 Å². The lowest BCUT2D eigenvalue weighted by Crippen LogP contribution is -2.44. The van der Waals surface area contributed by atoms with Crippen molar-refractivity contribution in [3.8, 4) is 0 Å². The summed E-state index contributed by atoms with van der Waals surface area (Å²) in [5.41, 5.74) is 0. The highest BCUT2D eigenvalue weighted by atomic mass is 32.2. The Hall–Kier alpha value is -1.98.